The molecule has 3 aromatic rings. The van der Waals surface area contributed by atoms with Gasteiger partial charge in [-0.05, 0) is 37.3 Å². The van der Waals surface area contributed by atoms with Crippen LogP contribution >= 0.6 is 0 Å². The Labute approximate surface area is 200 Å². The van der Waals surface area contributed by atoms with Crippen LogP contribution in [0.3, 0.4) is 0 Å². The van der Waals surface area contributed by atoms with E-state index in [1.165, 1.54) is 42.5 Å². The number of ketones is 1. The molecule has 0 radical (unpaired) electrons. The molecule has 35 heavy (non-hydrogen) atoms. The number of amides is 1. The first-order valence-electron chi connectivity index (χ1n) is 10.7. The van der Waals surface area contributed by atoms with Gasteiger partial charge in [0.25, 0.3) is 17.4 Å². The van der Waals surface area contributed by atoms with E-state index in [1.807, 2.05) is 0 Å². The fourth-order valence-electron chi connectivity index (χ4n) is 4.00. The fraction of sp³-hybridized carbons (Fsp3) is 0.115. The molecule has 9 nitrogen and oxygen atoms in total. The minimum atomic E-state index is -1.27. The Morgan fingerprint density at radius 3 is 2.23 bits per heavy atom. The minimum absolute atomic E-state index is 0.0589. The van der Waals surface area contributed by atoms with Crippen LogP contribution in [0, 0.1) is 10.1 Å². The minimum Gasteiger partial charge on any atom is -0.507 e. The smallest absolute Gasteiger partial charge is 0.338 e. The number of rotatable bonds is 6. The summed E-state index contributed by atoms with van der Waals surface area (Å²) in [5.41, 5.74) is 0.209. The Morgan fingerprint density at radius 1 is 0.971 bits per heavy atom. The van der Waals surface area contributed by atoms with E-state index in [2.05, 4.69) is 0 Å². The predicted octanol–water partition coefficient (Wildman–Crippen LogP) is 4.40. The van der Waals surface area contributed by atoms with Crippen molar-refractivity contribution in [2.75, 3.05) is 11.5 Å². The van der Waals surface area contributed by atoms with Crippen molar-refractivity contribution in [1.82, 2.24) is 0 Å². The molecule has 9 heteroatoms. The van der Waals surface area contributed by atoms with Crippen LogP contribution in [0.1, 0.15) is 34.5 Å². The molecule has 4 rings (SSSR count). The molecule has 1 heterocycles. The number of esters is 1. The van der Waals surface area contributed by atoms with Crippen molar-refractivity contribution in [2.24, 2.45) is 0 Å². The van der Waals surface area contributed by atoms with Crippen molar-refractivity contribution in [3.63, 3.8) is 0 Å². The average molecular weight is 472 g/mol. The van der Waals surface area contributed by atoms with E-state index in [0.717, 1.165) is 4.90 Å². The Hall–Kier alpha value is -4.79. The molecular weight excluding hydrogens is 452 g/mol. The van der Waals surface area contributed by atoms with Crippen LogP contribution < -0.4 is 4.90 Å². The number of Topliss-reactive ketones (excluding diaryl/α,β-unsaturated/α-hetero) is 1. The topological polar surface area (TPSA) is 127 Å². The number of aliphatic hydroxyl groups excluding tert-OH is 1. The third-order valence-electron chi connectivity index (χ3n) is 5.58. The maximum absolute atomic E-state index is 13.2. The largest absolute Gasteiger partial charge is 0.507 e. The van der Waals surface area contributed by atoms with Crippen LogP contribution in [0.25, 0.3) is 5.76 Å². The van der Waals surface area contributed by atoms with E-state index in [4.69, 9.17) is 4.74 Å². The number of nitrogens with zero attached hydrogens (tertiary/aromatic N) is 2. The molecule has 1 saturated heterocycles. The van der Waals surface area contributed by atoms with E-state index < -0.39 is 34.4 Å². The SMILES string of the molecule is CCOC(=O)c1ccc(N2C(=O)C(=O)C(=C(O)c3ccccc3)C2c2ccccc2[N+](=O)[O-])cc1. The molecule has 1 amide bonds. The Bertz CT molecular complexity index is 1350. The quantitative estimate of drug-likeness (QED) is 0.141. The van der Waals surface area contributed by atoms with Crippen molar-refractivity contribution in [2.45, 2.75) is 13.0 Å². The third-order valence-corrected chi connectivity index (χ3v) is 5.58. The summed E-state index contributed by atoms with van der Waals surface area (Å²) >= 11 is 0. The highest BCUT2D eigenvalue weighted by Crippen LogP contribution is 2.44. The average Bonchev–Trinajstić information content (AvgIpc) is 3.14. The molecule has 1 N–H and O–H groups in total. The lowest BCUT2D eigenvalue weighted by atomic mass is 9.94. The summed E-state index contributed by atoms with van der Waals surface area (Å²) in [7, 11) is 0. The second kappa shape index (κ2) is 9.60. The molecular formula is C26H20N2O7. The number of nitro groups is 1. The molecule has 1 atom stereocenters. The lowest BCUT2D eigenvalue weighted by Gasteiger charge is -2.25. The first-order chi connectivity index (χ1) is 16.8. The van der Waals surface area contributed by atoms with Crippen molar-refractivity contribution >= 4 is 34.8 Å². The molecule has 1 fully saturated rings. The van der Waals surface area contributed by atoms with Crippen LogP contribution in [0.2, 0.25) is 0 Å². The molecule has 3 aromatic carbocycles. The van der Waals surface area contributed by atoms with Gasteiger partial charge in [0, 0.05) is 17.3 Å². The summed E-state index contributed by atoms with van der Waals surface area (Å²) in [6.45, 7) is 1.86. The molecule has 1 unspecified atom stereocenters. The zero-order chi connectivity index (χ0) is 25.1. The second-order valence-corrected chi connectivity index (χ2v) is 7.62. The highest BCUT2D eigenvalue weighted by Gasteiger charge is 2.48. The van der Waals surface area contributed by atoms with E-state index >= 15 is 0 Å². The number of ether oxygens (including phenoxy) is 1. The molecule has 0 aromatic heterocycles. The zero-order valence-electron chi connectivity index (χ0n) is 18.6. The molecule has 0 aliphatic carbocycles. The van der Waals surface area contributed by atoms with E-state index in [1.54, 1.807) is 43.3 Å². The number of hydrogen-bond acceptors (Lipinski definition) is 7. The van der Waals surface area contributed by atoms with E-state index in [0.29, 0.717) is 0 Å². The van der Waals surface area contributed by atoms with Crippen molar-refractivity contribution in [3.8, 4) is 0 Å². The summed E-state index contributed by atoms with van der Waals surface area (Å²) in [6.07, 6.45) is 0. The maximum atomic E-state index is 13.2. The van der Waals surface area contributed by atoms with Gasteiger partial charge in [0.15, 0.2) is 0 Å². The molecule has 1 aliphatic heterocycles. The van der Waals surface area contributed by atoms with Crippen LogP contribution in [-0.2, 0) is 14.3 Å². The van der Waals surface area contributed by atoms with Gasteiger partial charge in [0.1, 0.15) is 11.8 Å². The predicted molar refractivity (Wildman–Crippen MR) is 127 cm³/mol. The van der Waals surface area contributed by atoms with E-state index in [9.17, 15) is 29.6 Å². The normalized spacial score (nSPS) is 16.8. The number of anilines is 1. The second-order valence-electron chi connectivity index (χ2n) is 7.62. The highest BCUT2D eigenvalue weighted by molar-refractivity contribution is 6.51. The Morgan fingerprint density at radius 2 is 1.60 bits per heavy atom. The number of benzene rings is 3. The van der Waals surface area contributed by atoms with E-state index in [-0.39, 0.29) is 40.2 Å². The van der Waals surface area contributed by atoms with Crippen LogP contribution in [-0.4, -0.2) is 34.3 Å². The monoisotopic (exact) mass is 472 g/mol. The van der Waals surface area contributed by atoms with Gasteiger partial charge in [-0.2, -0.15) is 0 Å². The van der Waals surface area contributed by atoms with Crippen LogP contribution in [0.15, 0.2) is 84.4 Å². The summed E-state index contributed by atoms with van der Waals surface area (Å²) in [5, 5.41) is 22.9. The van der Waals surface area contributed by atoms with Gasteiger partial charge in [-0.25, -0.2) is 4.79 Å². The number of para-hydroxylation sites is 1. The Balaban J connectivity index is 1.92. The van der Waals surface area contributed by atoms with Crippen molar-refractivity contribution < 1.29 is 29.2 Å². The van der Waals surface area contributed by atoms with Crippen LogP contribution in [0.5, 0.6) is 0 Å². The summed E-state index contributed by atoms with van der Waals surface area (Å²) in [4.78, 5) is 50.7. The molecule has 1 aliphatic rings. The van der Waals surface area contributed by atoms with Crippen molar-refractivity contribution in [3.05, 3.63) is 111 Å². The van der Waals surface area contributed by atoms with Gasteiger partial charge in [-0.15, -0.1) is 0 Å². The molecule has 0 bridgehead atoms. The number of nitro benzene ring substituents is 1. The van der Waals surface area contributed by atoms with Crippen LogP contribution in [0.4, 0.5) is 11.4 Å². The summed E-state index contributed by atoms with van der Waals surface area (Å²) in [6, 6.07) is 18.4. The lowest BCUT2D eigenvalue weighted by molar-refractivity contribution is -0.385. The van der Waals surface area contributed by atoms with Gasteiger partial charge in [-0.3, -0.25) is 24.6 Å². The summed E-state index contributed by atoms with van der Waals surface area (Å²) < 4.78 is 4.97. The fourth-order valence-corrected chi connectivity index (χ4v) is 4.00. The van der Waals surface area contributed by atoms with Crippen molar-refractivity contribution in [1.29, 1.82) is 0 Å². The standard InChI is InChI=1S/C26H20N2O7/c1-2-35-26(32)17-12-14-18(15-13-17)27-22(19-10-6-7-11-20(19)28(33)34)21(24(30)25(27)31)23(29)16-8-4-3-5-9-16/h3-15,22,29H,2H2,1H3. The Kier molecular flexibility index (Phi) is 6.41. The number of aliphatic hydroxyl groups is 1. The lowest BCUT2D eigenvalue weighted by Crippen LogP contribution is -2.29. The summed E-state index contributed by atoms with van der Waals surface area (Å²) in [5.74, 6) is -2.95. The molecule has 0 saturated carbocycles. The van der Waals surface area contributed by atoms with Gasteiger partial charge in [0.2, 0.25) is 0 Å². The number of carbonyl (C=O) groups excluding carboxylic acids is 3. The first kappa shape index (κ1) is 23.4. The molecule has 176 valence electrons. The van der Waals surface area contributed by atoms with Gasteiger partial charge in [-0.1, -0.05) is 42.5 Å². The van der Waals surface area contributed by atoms with Gasteiger partial charge >= 0.3 is 5.97 Å². The van der Waals surface area contributed by atoms with Gasteiger partial charge in [0.05, 0.1) is 28.2 Å². The first-order valence-corrected chi connectivity index (χ1v) is 10.7. The highest BCUT2D eigenvalue weighted by atomic mass is 16.6. The zero-order valence-corrected chi connectivity index (χ0v) is 18.6. The molecule has 0 spiro atoms. The number of hydrogen-bond donors (Lipinski definition) is 1. The third kappa shape index (κ3) is 4.26. The van der Waals surface area contributed by atoms with Gasteiger partial charge < -0.3 is 9.84 Å². The maximum Gasteiger partial charge on any atom is 0.338 e. The number of carbonyl (C=O) groups is 3.